The van der Waals surface area contributed by atoms with Gasteiger partial charge in [0.2, 0.25) is 5.95 Å². The number of benzene rings is 1. The molecule has 2 aromatic rings. The third kappa shape index (κ3) is 6.56. The van der Waals surface area contributed by atoms with Crippen molar-refractivity contribution in [3.63, 3.8) is 0 Å². The van der Waals surface area contributed by atoms with E-state index in [9.17, 15) is 18.2 Å². The van der Waals surface area contributed by atoms with Crippen LogP contribution in [0.15, 0.2) is 24.4 Å². The Labute approximate surface area is 177 Å². The van der Waals surface area contributed by atoms with Crippen LogP contribution in [0.25, 0.3) is 0 Å². The summed E-state index contributed by atoms with van der Waals surface area (Å²) in [6.07, 6.45) is 0.691. The van der Waals surface area contributed by atoms with Gasteiger partial charge in [0.1, 0.15) is 5.82 Å². The summed E-state index contributed by atoms with van der Waals surface area (Å²) in [4.78, 5) is 17.8. The Kier molecular flexibility index (Phi) is 7.01. The van der Waals surface area contributed by atoms with Gasteiger partial charge in [-0.2, -0.15) is 18.2 Å². The van der Waals surface area contributed by atoms with Crippen molar-refractivity contribution in [2.24, 2.45) is 5.92 Å². The minimum atomic E-state index is -5.08. The van der Waals surface area contributed by atoms with Gasteiger partial charge in [-0.3, -0.25) is 0 Å². The van der Waals surface area contributed by atoms with E-state index in [0.29, 0.717) is 12.6 Å². The predicted octanol–water partition coefficient (Wildman–Crippen LogP) is 2.59. The molecule has 1 aromatic heterocycles. The first-order chi connectivity index (χ1) is 14.6. The van der Waals surface area contributed by atoms with Crippen LogP contribution in [-0.2, 0) is 16.1 Å². The molecule has 166 valence electrons. The van der Waals surface area contributed by atoms with Crippen molar-refractivity contribution in [1.82, 2.24) is 9.97 Å². The Balaban J connectivity index is 0.000000339. The number of fused-ring (bicyclic) bond motifs is 1. The van der Waals surface area contributed by atoms with Gasteiger partial charge in [-0.25, -0.2) is 9.78 Å². The second-order valence-electron chi connectivity index (χ2n) is 7.39. The minimum Gasteiger partial charge on any atom is -0.475 e. The van der Waals surface area contributed by atoms with Crippen LogP contribution >= 0.6 is 0 Å². The molecule has 1 aliphatic heterocycles. The highest BCUT2D eigenvalue weighted by Gasteiger charge is 2.38. The molecule has 2 aliphatic rings. The maximum Gasteiger partial charge on any atom is 0.491 e. The van der Waals surface area contributed by atoms with Crippen LogP contribution in [0.1, 0.15) is 30.4 Å². The Hall–Kier alpha value is -2.86. The molecule has 12 heteroatoms. The van der Waals surface area contributed by atoms with Crippen molar-refractivity contribution in [3.8, 4) is 0 Å². The number of aryl methyl sites for hydroxylation is 1. The normalized spacial score (nSPS) is 15.1. The van der Waals surface area contributed by atoms with E-state index in [2.05, 4.69) is 20.6 Å². The number of carbonyl (C=O) groups is 1. The third-order valence-corrected chi connectivity index (χ3v) is 4.82. The zero-order chi connectivity index (χ0) is 22.6. The Morgan fingerprint density at radius 2 is 2.06 bits per heavy atom. The second-order valence-corrected chi connectivity index (χ2v) is 7.39. The van der Waals surface area contributed by atoms with Gasteiger partial charge in [-0.1, -0.05) is 18.9 Å². The second kappa shape index (κ2) is 9.52. The lowest BCUT2D eigenvalue weighted by Gasteiger charge is -2.11. The molecule has 0 amide bonds. The van der Waals surface area contributed by atoms with Crippen molar-refractivity contribution in [3.05, 3.63) is 35.5 Å². The highest BCUT2D eigenvalue weighted by atomic mass is 19.4. The van der Waals surface area contributed by atoms with Gasteiger partial charge in [0.15, 0.2) is 0 Å². The number of halogens is 3. The number of hydrogen-bond acceptors (Lipinski definition) is 7. The van der Waals surface area contributed by atoms with E-state index in [4.69, 9.17) is 14.6 Å². The van der Waals surface area contributed by atoms with Crippen LogP contribution < -0.4 is 16.1 Å². The van der Waals surface area contributed by atoms with E-state index in [1.165, 1.54) is 19.3 Å². The predicted molar refractivity (Wildman–Crippen MR) is 108 cm³/mol. The summed E-state index contributed by atoms with van der Waals surface area (Å²) in [7, 11) is -0.813. The largest absolute Gasteiger partial charge is 0.491 e. The van der Waals surface area contributed by atoms with Crippen LogP contribution in [-0.4, -0.2) is 45.9 Å². The van der Waals surface area contributed by atoms with E-state index >= 15 is 0 Å². The summed E-state index contributed by atoms with van der Waals surface area (Å²) in [5.74, 6) is -0.407. The first-order valence-corrected chi connectivity index (χ1v) is 9.70. The highest BCUT2D eigenvalue weighted by molar-refractivity contribution is 6.61. The Bertz CT molecular complexity index is 941. The molecule has 0 radical (unpaired) electrons. The minimum absolute atomic E-state index is 0.425. The zero-order valence-corrected chi connectivity index (χ0v) is 16.7. The van der Waals surface area contributed by atoms with Gasteiger partial charge in [-0.15, -0.1) is 0 Å². The van der Waals surface area contributed by atoms with E-state index < -0.39 is 19.3 Å². The fraction of sp³-hybridized carbons (Fsp3) is 0.421. The van der Waals surface area contributed by atoms with Gasteiger partial charge < -0.3 is 25.4 Å². The molecule has 0 atom stereocenters. The molecular formula is C19H22BF3N4O4. The molecule has 0 unspecified atom stereocenters. The average molecular weight is 438 g/mol. The fourth-order valence-corrected chi connectivity index (χ4v) is 2.92. The lowest BCUT2D eigenvalue weighted by molar-refractivity contribution is -0.192. The number of nitrogens with zero attached hydrogens (tertiary/aromatic N) is 2. The maximum atomic E-state index is 10.6. The van der Waals surface area contributed by atoms with Crippen molar-refractivity contribution in [1.29, 1.82) is 0 Å². The first-order valence-electron chi connectivity index (χ1n) is 9.70. The molecule has 1 fully saturated rings. The standard InChI is InChI=1S/C17H21BN4O2.C2HF3O2/c1-11-9-20-17(22-16(11)19-7-6-12-2-3-12)21-14-4-5-15-13(8-14)10-24-18(15)23;3-2(4,5)1(6)7/h4-5,8-9,12,23H,2-3,6-7,10H2,1H3,(H2,19,20,21,22);(H,6,7). The number of carboxylic acids is 1. The first kappa shape index (κ1) is 22.8. The molecule has 4 N–H and O–H groups in total. The molecule has 0 bridgehead atoms. The summed E-state index contributed by atoms with van der Waals surface area (Å²) < 4.78 is 37.0. The summed E-state index contributed by atoms with van der Waals surface area (Å²) >= 11 is 0. The van der Waals surface area contributed by atoms with Crippen LogP contribution in [0.3, 0.4) is 0 Å². The fourth-order valence-electron chi connectivity index (χ4n) is 2.92. The summed E-state index contributed by atoms with van der Waals surface area (Å²) in [6, 6.07) is 5.74. The average Bonchev–Trinajstić information content (AvgIpc) is 3.46. The number of aliphatic carboxylic acids is 1. The maximum absolute atomic E-state index is 10.6. The van der Waals surface area contributed by atoms with Crippen molar-refractivity contribution in [2.75, 3.05) is 17.2 Å². The summed E-state index contributed by atoms with van der Waals surface area (Å²) in [5.41, 5.74) is 3.75. The highest BCUT2D eigenvalue weighted by Crippen LogP contribution is 2.32. The molecule has 31 heavy (non-hydrogen) atoms. The molecular weight excluding hydrogens is 416 g/mol. The van der Waals surface area contributed by atoms with Crippen LogP contribution in [0.5, 0.6) is 0 Å². The van der Waals surface area contributed by atoms with E-state index in [1.807, 2.05) is 31.3 Å². The van der Waals surface area contributed by atoms with Gasteiger partial charge >= 0.3 is 19.3 Å². The lowest BCUT2D eigenvalue weighted by Crippen LogP contribution is -2.27. The summed E-state index contributed by atoms with van der Waals surface area (Å²) in [5, 5.41) is 23.4. The molecule has 0 saturated heterocycles. The number of nitrogens with one attached hydrogen (secondary N) is 2. The van der Waals surface area contributed by atoms with Gasteiger partial charge in [0.05, 0.1) is 6.61 Å². The zero-order valence-electron chi connectivity index (χ0n) is 16.7. The molecule has 4 rings (SSSR count). The van der Waals surface area contributed by atoms with Crippen molar-refractivity contribution >= 4 is 36.0 Å². The number of anilines is 3. The van der Waals surface area contributed by atoms with E-state index in [1.54, 1.807) is 0 Å². The number of alkyl halides is 3. The molecule has 0 spiro atoms. The molecule has 1 aromatic carbocycles. The molecule has 8 nitrogen and oxygen atoms in total. The monoisotopic (exact) mass is 438 g/mol. The van der Waals surface area contributed by atoms with E-state index in [-0.39, 0.29) is 0 Å². The quantitative estimate of drug-likeness (QED) is 0.509. The smallest absolute Gasteiger partial charge is 0.475 e. The number of carboxylic acid groups (broad SMARTS) is 1. The number of hydrogen-bond donors (Lipinski definition) is 4. The number of aromatic nitrogens is 2. The number of rotatable bonds is 6. The summed E-state index contributed by atoms with van der Waals surface area (Å²) in [6.45, 7) is 3.39. The Morgan fingerprint density at radius 3 is 2.71 bits per heavy atom. The van der Waals surface area contributed by atoms with Crippen molar-refractivity contribution < 1.29 is 32.8 Å². The SMILES string of the molecule is Cc1cnc(Nc2ccc3c(c2)COB3O)nc1NCCC1CC1.O=C(O)C(F)(F)F. The van der Waals surface area contributed by atoms with Crippen LogP contribution in [0, 0.1) is 12.8 Å². The van der Waals surface area contributed by atoms with Gasteiger partial charge in [0, 0.05) is 24.0 Å². The lowest BCUT2D eigenvalue weighted by atomic mass is 9.79. The third-order valence-electron chi connectivity index (χ3n) is 4.82. The van der Waals surface area contributed by atoms with Crippen molar-refractivity contribution in [2.45, 2.75) is 39.0 Å². The topological polar surface area (TPSA) is 117 Å². The molecule has 1 aliphatic carbocycles. The van der Waals surface area contributed by atoms with Gasteiger partial charge in [-0.05, 0) is 42.4 Å². The van der Waals surface area contributed by atoms with E-state index in [0.717, 1.165) is 40.6 Å². The van der Waals surface area contributed by atoms with Crippen LogP contribution in [0.4, 0.5) is 30.6 Å². The molecule has 1 saturated carbocycles. The van der Waals surface area contributed by atoms with Gasteiger partial charge in [0.25, 0.3) is 0 Å². The Morgan fingerprint density at radius 1 is 1.35 bits per heavy atom. The molecule has 2 heterocycles. The van der Waals surface area contributed by atoms with Crippen LogP contribution in [0.2, 0.25) is 0 Å².